The molecule has 0 spiro atoms. The zero-order valence-corrected chi connectivity index (χ0v) is 11.4. The second-order valence-corrected chi connectivity index (χ2v) is 6.00. The summed E-state index contributed by atoms with van der Waals surface area (Å²) in [5, 5.41) is 5.21. The Bertz CT molecular complexity index is 466. The van der Waals surface area contributed by atoms with Crippen LogP contribution < -0.4 is 5.14 Å². The number of hydrogen-bond donors (Lipinski definition) is 1. The molecule has 0 amide bonds. The van der Waals surface area contributed by atoms with Gasteiger partial charge in [0, 0.05) is 0 Å². The number of primary sulfonamides is 1. The molecule has 0 bridgehead atoms. The molecule has 0 unspecified atom stereocenters. The fraction of sp³-hybridized carbons (Fsp3) is 0.538. The molecule has 0 atom stereocenters. The summed E-state index contributed by atoms with van der Waals surface area (Å²) in [4.78, 5) is 0.277. The van der Waals surface area contributed by atoms with Crippen LogP contribution in [0.4, 0.5) is 0 Å². The van der Waals surface area contributed by atoms with Crippen LogP contribution in [0.3, 0.4) is 0 Å². The molecule has 1 rings (SSSR count). The van der Waals surface area contributed by atoms with Crippen LogP contribution in [0, 0.1) is 6.92 Å². The zero-order chi connectivity index (χ0) is 12.9. The first-order valence-corrected chi connectivity index (χ1v) is 7.62. The Morgan fingerprint density at radius 3 is 2.47 bits per heavy atom. The van der Waals surface area contributed by atoms with Crippen molar-refractivity contribution in [3.8, 4) is 0 Å². The Balaban J connectivity index is 2.85. The molecule has 0 saturated carbocycles. The highest BCUT2D eigenvalue weighted by atomic mass is 32.2. The van der Waals surface area contributed by atoms with Gasteiger partial charge in [-0.25, -0.2) is 13.6 Å². The quantitative estimate of drug-likeness (QED) is 0.794. The minimum atomic E-state index is -3.59. The molecule has 0 fully saturated rings. The molecule has 3 nitrogen and oxygen atoms in total. The smallest absolute Gasteiger partial charge is 0.225 e. The third-order valence-corrected chi connectivity index (χ3v) is 3.83. The van der Waals surface area contributed by atoms with Gasteiger partial charge in [0.05, 0.1) is 4.90 Å². The Morgan fingerprint density at radius 2 is 1.88 bits per heavy atom. The summed E-state index contributed by atoms with van der Waals surface area (Å²) < 4.78 is 22.9. The molecule has 0 aliphatic heterocycles. The summed E-state index contributed by atoms with van der Waals surface area (Å²) in [5.41, 5.74) is 1.92. The number of unbranched alkanes of at least 4 members (excludes halogenated alkanes) is 3. The molecule has 1 aromatic rings. The third-order valence-electron chi connectivity index (χ3n) is 2.82. The largest absolute Gasteiger partial charge is 0.238 e. The van der Waals surface area contributed by atoms with Gasteiger partial charge in [0.15, 0.2) is 0 Å². The fourth-order valence-corrected chi connectivity index (χ4v) is 2.71. The minimum absolute atomic E-state index is 0.277. The van der Waals surface area contributed by atoms with Gasteiger partial charge in [-0.2, -0.15) is 0 Å². The van der Waals surface area contributed by atoms with E-state index in [9.17, 15) is 8.42 Å². The predicted octanol–water partition coefficient (Wildman–Crippen LogP) is 2.77. The number of aryl methyl sites for hydroxylation is 2. The number of sulfonamides is 1. The fourth-order valence-electron chi connectivity index (χ4n) is 1.92. The van der Waals surface area contributed by atoms with E-state index in [0.717, 1.165) is 30.4 Å². The molecule has 2 N–H and O–H groups in total. The van der Waals surface area contributed by atoms with Crippen LogP contribution in [0.25, 0.3) is 0 Å². The average molecular weight is 255 g/mol. The van der Waals surface area contributed by atoms with Gasteiger partial charge in [0.2, 0.25) is 10.0 Å². The van der Waals surface area contributed by atoms with Crippen LogP contribution in [0.1, 0.15) is 43.7 Å². The normalized spacial score (nSPS) is 11.7. The van der Waals surface area contributed by atoms with Gasteiger partial charge < -0.3 is 0 Å². The number of benzene rings is 1. The van der Waals surface area contributed by atoms with Gasteiger partial charge in [-0.05, 0) is 31.4 Å². The number of rotatable bonds is 6. The first-order chi connectivity index (χ1) is 7.95. The second-order valence-electron chi connectivity index (χ2n) is 4.47. The van der Waals surface area contributed by atoms with E-state index in [-0.39, 0.29) is 4.90 Å². The number of nitrogens with two attached hydrogens (primary N) is 1. The summed E-state index contributed by atoms with van der Waals surface area (Å²) in [7, 11) is -3.59. The van der Waals surface area contributed by atoms with Gasteiger partial charge in [0.25, 0.3) is 0 Å². The highest BCUT2D eigenvalue weighted by Gasteiger charge is 2.13. The maximum absolute atomic E-state index is 11.4. The summed E-state index contributed by atoms with van der Waals surface area (Å²) in [6.45, 7) is 4.12. The highest BCUT2D eigenvalue weighted by molar-refractivity contribution is 7.89. The Kier molecular flexibility index (Phi) is 5.15. The molecule has 4 heteroatoms. The lowest BCUT2D eigenvalue weighted by molar-refractivity contribution is 0.595. The zero-order valence-electron chi connectivity index (χ0n) is 10.6. The van der Waals surface area contributed by atoms with Crippen LogP contribution in [-0.4, -0.2) is 8.42 Å². The molecule has 17 heavy (non-hydrogen) atoms. The Labute approximate surface area is 104 Å². The Morgan fingerprint density at radius 1 is 1.18 bits per heavy atom. The van der Waals surface area contributed by atoms with Crippen molar-refractivity contribution in [2.24, 2.45) is 5.14 Å². The molecule has 0 aliphatic rings. The maximum atomic E-state index is 11.4. The molecule has 0 radical (unpaired) electrons. The molecule has 0 heterocycles. The Hall–Kier alpha value is -0.870. The van der Waals surface area contributed by atoms with Crippen LogP contribution in [-0.2, 0) is 16.4 Å². The van der Waals surface area contributed by atoms with Crippen molar-refractivity contribution in [3.05, 3.63) is 29.3 Å². The van der Waals surface area contributed by atoms with Gasteiger partial charge in [-0.3, -0.25) is 0 Å². The third kappa shape index (κ3) is 4.48. The maximum Gasteiger partial charge on any atom is 0.238 e. The second kappa shape index (κ2) is 6.17. The van der Waals surface area contributed by atoms with Crippen molar-refractivity contribution < 1.29 is 8.42 Å². The van der Waals surface area contributed by atoms with Gasteiger partial charge >= 0.3 is 0 Å². The monoisotopic (exact) mass is 255 g/mol. The van der Waals surface area contributed by atoms with E-state index in [4.69, 9.17) is 5.14 Å². The van der Waals surface area contributed by atoms with E-state index in [0.29, 0.717) is 0 Å². The predicted molar refractivity (Wildman–Crippen MR) is 70.4 cm³/mol. The van der Waals surface area contributed by atoms with Crippen molar-refractivity contribution in [1.29, 1.82) is 0 Å². The highest BCUT2D eigenvalue weighted by Crippen LogP contribution is 2.18. The SMILES string of the molecule is CCCCCCc1cc(C)ccc1S(N)(=O)=O. The van der Waals surface area contributed by atoms with Crippen molar-refractivity contribution in [2.45, 2.75) is 50.8 Å². The van der Waals surface area contributed by atoms with Gasteiger partial charge in [-0.1, -0.05) is 43.9 Å². The summed E-state index contributed by atoms with van der Waals surface area (Å²) >= 11 is 0. The molecule has 0 aromatic heterocycles. The van der Waals surface area contributed by atoms with Crippen LogP contribution in [0.2, 0.25) is 0 Å². The van der Waals surface area contributed by atoms with Gasteiger partial charge in [0.1, 0.15) is 0 Å². The van der Waals surface area contributed by atoms with E-state index in [1.807, 2.05) is 13.0 Å². The number of hydrogen-bond acceptors (Lipinski definition) is 2. The lowest BCUT2D eigenvalue weighted by Gasteiger charge is -2.08. The van der Waals surface area contributed by atoms with Crippen molar-refractivity contribution in [3.63, 3.8) is 0 Å². The van der Waals surface area contributed by atoms with E-state index in [1.165, 1.54) is 12.8 Å². The molecule has 0 saturated heterocycles. The molecular weight excluding hydrogens is 234 g/mol. The van der Waals surface area contributed by atoms with Gasteiger partial charge in [-0.15, -0.1) is 0 Å². The standard InChI is InChI=1S/C13H21NO2S/c1-3-4-5-6-7-12-10-11(2)8-9-13(12)17(14,15)16/h8-10H,3-7H2,1-2H3,(H2,14,15,16). The minimum Gasteiger partial charge on any atom is -0.225 e. The molecule has 1 aromatic carbocycles. The van der Waals surface area contributed by atoms with Crippen molar-refractivity contribution >= 4 is 10.0 Å². The van der Waals surface area contributed by atoms with Crippen LogP contribution >= 0.6 is 0 Å². The summed E-state index contributed by atoms with van der Waals surface area (Å²) in [6, 6.07) is 5.32. The average Bonchev–Trinajstić information content (AvgIpc) is 2.23. The van der Waals surface area contributed by atoms with Crippen LogP contribution in [0.5, 0.6) is 0 Å². The lowest BCUT2D eigenvalue weighted by atomic mass is 10.0. The lowest BCUT2D eigenvalue weighted by Crippen LogP contribution is -2.14. The van der Waals surface area contributed by atoms with E-state index in [2.05, 4.69) is 6.92 Å². The van der Waals surface area contributed by atoms with E-state index in [1.54, 1.807) is 12.1 Å². The van der Waals surface area contributed by atoms with E-state index < -0.39 is 10.0 Å². The molecular formula is C13H21NO2S. The van der Waals surface area contributed by atoms with Crippen molar-refractivity contribution in [1.82, 2.24) is 0 Å². The summed E-state index contributed by atoms with van der Waals surface area (Å²) in [6.07, 6.45) is 5.30. The van der Waals surface area contributed by atoms with Crippen LogP contribution in [0.15, 0.2) is 23.1 Å². The van der Waals surface area contributed by atoms with E-state index >= 15 is 0 Å². The molecule has 96 valence electrons. The first-order valence-electron chi connectivity index (χ1n) is 6.07. The molecule has 0 aliphatic carbocycles. The topological polar surface area (TPSA) is 60.2 Å². The first kappa shape index (κ1) is 14.2. The van der Waals surface area contributed by atoms with Crippen molar-refractivity contribution in [2.75, 3.05) is 0 Å². The summed E-state index contributed by atoms with van der Waals surface area (Å²) in [5.74, 6) is 0.